The molecule has 0 aliphatic carbocycles. The minimum Gasteiger partial charge on any atom is -0.410 e. The Balaban J connectivity index is 1.81. The quantitative estimate of drug-likeness (QED) is 0.320. The lowest BCUT2D eigenvalue weighted by Crippen LogP contribution is -2.33. The first-order valence-electron chi connectivity index (χ1n) is 11.6. The fourth-order valence-electron chi connectivity index (χ4n) is 4.49. The molecule has 4 nitrogen and oxygen atoms in total. The van der Waals surface area contributed by atoms with Gasteiger partial charge >= 0.3 is 6.09 Å². The molecule has 3 aromatic carbocycles. The van der Waals surface area contributed by atoms with Crippen LogP contribution in [0.4, 0.5) is 4.79 Å². The Bertz CT molecular complexity index is 1260. The first-order valence-corrected chi connectivity index (χ1v) is 11.6. The van der Waals surface area contributed by atoms with Crippen LogP contribution in [0.15, 0.2) is 66.9 Å². The van der Waals surface area contributed by atoms with Crippen molar-refractivity contribution < 1.29 is 9.53 Å². The van der Waals surface area contributed by atoms with E-state index in [1.54, 1.807) is 4.90 Å². The second kappa shape index (κ2) is 9.53. The van der Waals surface area contributed by atoms with Gasteiger partial charge in [0.25, 0.3) is 0 Å². The van der Waals surface area contributed by atoms with Crippen molar-refractivity contribution in [2.45, 2.75) is 41.2 Å². The molecule has 0 radical (unpaired) electrons. The minimum atomic E-state index is -0.317. The van der Waals surface area contributed by atoms with Crippen LogP contribution >= 0.6 is 0 Å². The number of fused-ring (bicyclic) bond motifs is 1. The Kier molecular flexibility index (Phi) is 6.55. The summed E-state index contributed by atoms with van der Waals surface area (Å²) in [6.07, 6.45) is 1.80. The predicted molar refractivity (Wildman–Crippen MR) is 136 cm³/mol. The van der Waals surface area contributed by atoms with Crippen LogP contribution in [0.3, 0.4) is 0 Å². The van der Waals surface area contributed by atoms with E-state index in [1.807, 2.05) is 19.9 Å². The van der Waals surface area contributed by atoms with Gasteiger partial charge in [0.2, 0.25) is 0 Å². The zero-order valence-electron chi connectivity index (χ0n) is 20.2. The van der Waals surface area contributed by atoms with Gasteiger partial charge in [0.15, 0.2) is 0 Å². The van der Waals surface area contributed by atoms with Gasteiger partial charge in [-0.15, -0.1) is 0 Å². The molecule has 0 aliphatic rings. The van der Waals surface area contributed by atoms with Crippen LogP contribution in [-0.2, 0) is 6.54 Å². The number of nitrogens with zero attached hydrogens (tertiary/aromatic N) is 2. The van der Waals surface area contributed by atoms with Gasteiger partial charge in [-0.2, -0.15) is 0 Å². The van der Waals surface area contributed by atoms with Gasteiger partial charge in [0.1, 0.15) is 5.75 Å². The van der Waals surface area contributed by atoms with Gasteiger partial charge < -0.3 is 14.2 Å². The summed E-state index contributed by atoms with van der Waals surface area (Å²) in [6, 6.07) is 21.2. The molecule has 1 heterocycles. The third kappa shape index (κ3) is 4.80. The van der Waals surface area contributed by atoms with Crippen molar-refractivity contribution in [1.29, 1.82) is 0 Å². The second-order valence-corrected chi connectivity index (χ2v) is 8.72. The van der Waals surface area contributed by atoms with E-state index in [2.05, 4.69) is 86.1 Å². The van der Waals surface area contributed by atoms with Crippen molar-refractivity contribution in [1.82, 2.24) is 9.47 Å². The lowest BCUT2D eigenvalue weighted by Gasteiger charge is -2.20. The van der Waals surface area contributed by atoms with Crippen LogP contribution in [0.5, 0.6) is 5.75 Å². The fourth-order valence-corrected chi connectivity index (χ4v) is 4.49. The average molecular weight is 441 g/mol. The number of aryl methyl sites for hydroxylation is 3. The summed E-state index contributed by atoms with van der Waals surface area (Å²) < 4.78 is 8.18. The van der Waals surface area contributed by atoms with Gasteiger partial charge in [-0.1, -0.05) is 59.2 Å². The third-order valence-electron chi connectivity index (χ3n) is 6.11. The number of carbonyl (C=O) groups excluding carboxylic acids is 1. The minimum absolute atomic E-state index is 0.317. The molecule has 0 aliphatic heterocycles. The largest absolute Gasteiger partial charge is 0.415 e. The molecular formula is C29H32N2O2. The first kappa shape index (κ1) is 22.7. The number of rotatable bonds is 6. The van der Waals surface area contributed by atoms with Gasteiger partial charge in [-0.3, -0.25) is 0 Å². The van der Waals surface area contributed by atoms with Gasteiger partial charge in [0, 0.05) is 42.3 Å². The highest BCUT2D eigenvalue weighted by Gasteiger charge is 2.19. The predicted octanol–water partition coefficient (Wildman–Crippen LogP) is 7.12. The van der Waals surface area contributed by atoms with Crippen LogP contribution in [0.1, 0.15) is 36.1 Å². The van der Waals surface area contributed by atoms with Crippen molar-refractivity contribution in [3.05, 3.63) is 89.1 Å². The summed E-state index contributed by atoms with van der Waals surface area (Å²) in [5.41, 5.74) is 8.12. The van der Waals surface area contributed by atoms with E-state index in [0.717, 1.165) is 28.6 Å². The molecule has 0 bridgehead atoms. The summed E-state index contributed by atoms with van der Waals surface area (Å²) in [7, 11) is 0. The smallest absolute Gasteiger partial charge is 0.410 e. The summed E-state index contributed by atoms with van der Waals surface area (Å²) in [5, 5.41) is 1.08. The number of carbonyl (C=O) groups is 1. The van der Waals surface area contributed by atoms with E-state index in [4.69, 9.17) is 4.74 Å². The Morgan fingerprint density at radius 2 is 1.52 bits per heavy atom. The van der Waals surface area contributed by atoms with Crippen molar-refractivity contribution in [3.8, 4) is 16.9 Å². The molecule has 0 N–H and O–H groups in total. The molecule has 0 saturated heterocycles. The van der Waals surface area contributed by atoms with E-state index in [0.29, 0.717) is 18.8 Å². The van der Waals surface area contributed by atoms with E-state index in [-0.39, 0.29) is 6.09 Å². The lowest BCUT2D eigenvalue weighted by molar-refractivity contribution is 0.157. The number of amides is 1. The molecular weight excluding hydrogens is 408 g/mol. The Labute approximate surface area is 196 Å². The van der Waals surface area contributed by atoms with E-state index < -0.39 is 0 Å². The lowest BCUT2D eigenvalue weighted by atomic mass is 9.99. The van der Waals surface area contributed by atoms with Gasteiger partial charge in [-0.25, -0.2) is 4.79 Å². The molecule has 0 atom stereocenters. The van der Waals surface area contributed by atoms with Gasteiger partial charge in [-0.05, 0) is 63.9 Å². The van der Waals surface area contributed by atoms with Crippen molar-refractivity contribution in [3.63, 3.8) is 0 Å². The molecule has 4 rings (SSSR count). The molecule has 0 unspecified atom stereocenters. The maximum absolute atomic E-state index is 12.8. The fraction of sp³-hybridized carbons (Fsp3) is 0.276. The highest BCUT2D eigenvalue weighted by atomic mass is 16.6. The number of benzene rings is 3. The summed E-state index contributed by atoms with van der Waals surface area (Å²) >= 11 is 0. The zero-order chi connectivity index (χ0) is 23.5. The molecule has 4 heteroatoms. The Morgan fingerprint density at radius 1 is 0.848 bits per heavy atom. The first-order chi connectivity index (χ1) is 15.9. The Morgan fingerprint density at radius 3 is 2.15 bits per heavy atom. The third-order valence-corrected chi connectivity index (χ3v) is 6.11. The van der Waals surface area contributed by atoms with Crippen molar-refractivity contribution in [2.24, 2.45) is 0 Å². The molecule has 4 aromatic rings. The second-order valence-electron chi connectivity index (χ2n) is 8.72. The zero-order valence-corrected chi connectivity index (χ0v) is 20.2. The van der Waals surface area contributed by atoms with E-state index >= 15 is 0 Å². The van der Waals surface area contributed by atoms with Crippen LogP contribution in [-0.4, -0.2) is 28.6 Å². The van der Waals surface area contributed by atoms with Crippen LogP contribution in [0.25, 0.3) is 22.0 Å². The number of hydrogen-bond donors (Lipinski definition) is 0. The van der Waals surface area contributed by atoms with Crippen LogP contribution in [0.2, 0.25) is 0 Å². The molecule has 33 heavy (non-hydrogen) atoms. The van der Waals surface area contributed by atoms with Crippen molar-refractivity contribution in [2.75, 3.05) is 13.1 Å². The molecule has 170 valence electrons. The number of aromatic nitrogens is 1. The highest BCUT2D eigenvalue weighted by Crippen LogP contribution is 2.38. The topological polar surface area (TPSA) is 34.5 Å². The molecule has 0 fully saturated rings. The summed E-state index contributed by atoms with van der Waals surface area (Å²) in [6.45, 7) is 12.3. The summed E-state index contributed by atoms with van der Waals surface area (Å²) in [5.74, 6) is 0.590. The molecule has 1 aromatic heterocycles. The van der Waals surface area contributed by atoms with E-state index in [1.165, 1.54) is 22.3 Å². The van der Waals surface area contributed by atoms with Crippen molar-refractivity contribution >= 4 is 17.0 Å². The SMILES string of the molecule is CCN(CC)C(=O)Oc1ccc2c(ccn2Cc2cc(C)cc(C)c2)c1-c1ccc(C)cc1. The normalized spacial score (nSPS) is 11.1. The molecule has 1 amide bonds. The van der Waals surface area contributed by atoms with Crippen LogP contribution < -0.4 is 4.74 Å². The average Bonchev–Trinajstić information content (AvgIpc) is 3.17. The van der Waals surface area contributed by atoms with Gasteiger partial charge in [0.05, 0.1) is 0 Å². The maximum atomic E-state index is 12.8. The van der Waals surface area contributed by atoms with E-state index in [9.17, 15) is 4.79 Å². The summed E-state index contributed by atoms with van der Waals surface area (Å²) in [4.78, 5) is 14.4. The number of hydrogen-bond acceptors (Lipinski definition) is 2. The monoisotopic (exact) mass is 440 g/mol. The molecule has 0 spiro atoms. The molecule has 0 saturated carbocycles. The van der Waals surface area contributed by atoms with Crippen LogP contribution in [0, 0.1) is 20.8 Å². The standard InChI is InChI=1S/C29H32N2O2/c1-6-30(7-2)29(32)33-27-13-12-26-25(28(27)24-10-8-20(3)9-11-24)14-15-31(26)19-23-17-21(4)16-22(5)18-23/h8-18H,6-7,19H2,1-5H3. The Hall–Kier alpha value is -3.53. The maximum Gasteiger partial charge on any atom is 0.415 e. The highest BCUT2D eigenvalue weighted by molar-refractivity contribution is 5.99. The number of ether oxygens (including phenoxy) is 1.